The molecule has 0 saturated heterocycles. The molecule has 52 heavy (non-hydrogen) atoms. The number of benzene rings is 2. The van der Waals surface area contributed by atoms with Gasteiger partial charge < -0.3 is 36.0 Å². The molecule has 0 saturated carbocycles. The molecule has 0 aromatic heterocycles. The highest BCUT2D eigenvalue weighted by atomic mass is 16.4. The Morgan fingerprint density at radius 1 is 1.02 bits per heavy atom. The molecule has 6 atom stereocenters. The first-order chi connectivity index (χ1) is 25.1. The fourth-order valence-corrected chi connectivity index (χ4v) is 7.47. The smallest absolute Gasteiger partial charge is 0.303 e. The monoisotopic (exact) mass is 713 g/mol. The molecule has 0 bridgehead atoms. The van der Waals surface area contributed by atoms with E-state index in [1.165, 1.54) is 0 Å². The minimum Gasteiger partial charge on any atom is -0.508 e. The van der Waals surface area contributed by atoms with Gasteiger partial charge in [-0.15, -0.1) is 0 Å². The molecule has 0 unspecified atom stereocenters. The second-order valence-corrected chi connectivity index (χ2v) is 14.6. The van der Waals surface area contributed by atoms with Gasteiger partial charge in [0, 0.05) is 24.4 Å². The van der Waals surface area contributed by atoms with Crippen LogP contribution in [0.3, 0.4) is 0 Å². The summed E-state index contributed by atoms with van der Waals surface area (Å²) in [6.45, 7) is 1.73. The number of allylic oxidation sites excluding steroid dienone is 2. The topological polar surface area (TPSA) is 150 Å². The Hall–Kier alpha value is -3.71. The molecule has 282 valence electrons. The van der Waals surface area contributed by atoms with Crippen LogP contribution >= 0.6 is 0 Å². The van der Waals surface area contributed by atoms with Crippen LogP contribution in [0.15, 0.2) is 84.0 Å². The van der Waals surface area contributed by atoms with Gasteiger partial charge in [-0.05, 0) is 85.4 Å². The number of hydrogen-bond donors (Lipinski definition) is 7. The van der Waals surface area contributed by atoms with E-state index in [2.05, 4.69) is 36.2 Å². The number of rotatable bonds is 18. The molecule has 2 aliphatic rings. The fraction of sp³-hybridized carbons (Fsp3) is 0.523. The molecule has 1 aliphatic heterocycles. The summed E-state index contributed by atoms with van der Waals surface area (Å²) in [6, 6.07) is 14.1. The molecule has 0 spiro atoms. The summed E-state index contributed by atoms with van der Waals surface area (Å²) >= 11 is 0. The number of hydrogen-bond acceptors (Lipinski definition) is 7. The Balaban J connectivity index is 1.84. The fourth-order valence-electron chi connectivity index (χ4n) is 7.47. The number of carboxylic acid groups (broad SMARTS) is 1. The number of aliphatic carboxylic acids is 1. The minimum atomic E-state index is -1.25. The van der Waals surface area contributed by atoms with E-state index in [9.17, 15) is 30.3 Å². The van der Waals surface area contributed by atoms with Gasteiger partial charge in [-0.1, -0.05) is 112 Å². The number of aliphatic hydroxyl groups excluding tert-OH is 3. The number of fused-ring (bicyclic) bond motifs is 2. The lowest BCUT2D eigenvalue weighted by Gasteiger charge is -2.44. The SMILES string of the molecule is CCCCC[C@H](O)C=CC1=C(C[C@H](O)CO)[C@H](CCCCCCC(=O)O)N[C@@H]2[C@@H](C#Cc3ccccc3CC1)C=CC[C@]2(O)Cc1ccc(O)cc1. The van der Waals surface area contributed by atoms with Crippen molar-refractivity contribution in [2.45, 2.75) is 133 Å². The van der Waals surface area contributed by atoms with Crippen LogP contribution in [0.5, 0.6) is 5.75 Å². The van der Waals surface area contributed by atoms with Crippen molar-refractivity contribution in [3.05, 3.63) is 101 Å². The number of unbranched alkanes of at least 4 members (excludes halogenated alkanes) is 5. The molecule has 0 amide bonds. The number of aliphatic hydroxyl groups is 4. The molecule has 2 aromatic rings. The van der Waals surface area contributed by atoms with Crippen LogP contribution in [-0.2, 0) is 17.6 Å². The quantitative estimate of drug-likeness (QED) is 0.0524. The normalized spacial score (nSPS) is 23.1. The highest BCUT2D eigenvalue weighted by Gasteiger charge is 2.43. The van der Waals surface area contributed by atoms with Crippen LogP contribution in [0.25, 0.3) is 0 Å². The predicted octanol–water partition coefficient (Wildman–Crippen LogP) is 6.53. The summed E-state index contributed by atoms with van der Waals surface area (Å²) in [4.78, 5) is 11.1. The van der Waals surface area contributed by atoms with Crippen molar-refractivity contribution < 1.29 is 35.4 Å². The van der Waals surface area contributed by atoms with Crippen molar-refractivity contribution in [3.63, 3.8) is 0 Å². The van der Waals surface area contributed by atoms with Crippen LogP contribution < -0.4 is 5.32 Å². The van der Waals surface area contributed by atoms with Crippen LogP contribution in [0.1, 0.15) is 107 Å². The molecule has 4 rings (SSSR count). The van der Waals surface area contributed by atoms with Crippen molar-refractivity contribution in [1.82, 2.24) is 5.32 Å². The molecular weight excluding hydrogens is 654 g/mol. The number of nitrogens with one attached hydrogen (secondary N) is 1. The third-order valence-electron chi connectivity index (χ3n) is 10.4. The molecule has 2 aromatic carbocycles. The van der Waals surface area contributed by atoms with E-state index in [0.717, 1.165) is 66.4 Å². The zero-order valence-corrected chi connectivity index (χ0v) is 30.7. The molecule has 1 aliphatic carbocycles. The third-order valence-corrected chi connectivity index (χ3v) is 10.4. The Labute approximate surface area is 310 Å². The van der Waals surface area contributed by atoms with Gasteiger partial charge in [-0.25, -0.2) is 0 Å². The lowest BCUT2D eigenvalue weighted by Crippen LogP contribution is -2.59. The van der Waals surface area contributed by atoms with Gasteiger partial charge in [-0.2, -0.15) is 0 Å². The minimum absolute atomic E-state index is 0.131. The van der Waals surface area contributed by atoms with E-state index < -0.39 is 36.4 Å². The lowest BCUT2D eigenvalue weighted by molar-refractivity contribution is -0.137. The first kappa shape index (κ1) is 41.1. The zero-order valence-electron chi connectivity index (χ0n) is 30.7. The molecular formula is C44H59NO7. The van der Waals surface area contributed by atoms with Crippen LogP contribution in [-0.4, -0.2) is 73.1 Å². The predicted molar refractivity (Wildman–Crippen MR) is 206 cm³/mol. The lowest BCUT2D eigenvalue weighted by atomic mass is 9.73. The molecule has 7 N–H and O–H groups in total. The number of carbonyl (C=O) groups is 1. The summed E-state index contributed by atoms with van der Waals surface area (Å²) < 4.78 is 0. The standard InChI is InChI=1S/C44H59NO7/c1-2-3-6-15-37(47)27-24-35-22-20-33-12-9-10-13-34(33)21-23-36-14-11-28-44(52,30-32-18-25-38(48)26-19-32)43(36)45-41(40(35)29-39(49)31-46)16-7-4-5-8-17-42(50)51/h9-14,18-19,24-27,36-37,39,41,43,45-49,52H,2-8,15-17,20,22,28-31H2,1H3,(H,50,51)/t36-,37+,39+,41+,43-,44+/m1/s1. The van der Waals surface area contributed by atoms with E-state index in [-0.39, 0.29) is 30.6 Å². The largest absolute Gasteiger partial charge is 0.508 e. The van der Waals surface area contributed by atoms with Crippen molar-refractivity contribution in [3.8, 4) is 17.6 Å². The van der Waals surface area contributed by atoms with E-state index >= 15 is 0 Å². The van der Waals surface area contributed by atoms with Gasteiger partial charge in [0.15, 0.2) is 0 Å². The molecule has 0 radical (unpaired) electrons. The Bertz CT molecular complexity index is 1570. The van der Waals surface area contributed by atoms with E-state index in [1.54, 1.807) is 12.1 Å². The second-order valence-electron chi connectivity index (χ2n) is 14.6. The summed E-state index contributed by atoms with van der Waals surface area (Å²) in [7, 11) is 0. The number of phenols is 1. The second kappa shape index (κ2) is 21.1. The molecule has 8 nitrogen and oxygen atoms in total. The Morgan fingerprint density at radius 2 is 1.79 bits per heavy atom. The Morgan fingerprint density at radius 3 is 2.54 bits per heavy atom. The van der Waals surface area contributed by atoms with Gasteiger partial charge >= 0.3 is 5.97 Å². The third kappa shape index (κ3) is 12.8. The summed E-state index contributed by atoms with van der Waals surface area (Å²) in [6.07, 6.45) is 15.9. The van der Waals surface area contributed by atoms with E-state index in [0.29, 0.717) is 44.9 Å². The first-order valence-electron chi connectivity index (χ1n) is 19.2. The molecule has 1 heterocycles. The van der Waals surface area contributed by atoms with Crippen LogP contribution in [0.2, 0.25) is 0 Å². The highest BCUT2D eigenvalue weighted by molar-refractivity contribution is 5.66. The average Bonchev–Trinajstić information content (AvgIpc) is 3.12. The summed E-state index contributed by atoms with van der Waals surface area (Å²) in [5, 5.41) is 67.7. The molecule has 0 fully saturated rings. The van der Waals surface area contributed by atoms with E-state index in [1.807, 2.05) is 48.6 Å². The summed E-state index contributed by atoms with van der Waals surface area (Å²) in [5.74, 6) is 5.94. The van der Waals surface area contributed by atoms with Crippen molar-refractivity contribution in [1.29, 1.82) is 0 Å². The number of phenolic OH excluding ortho intramolecular Hbond substituents is 1. The van der Waals surface area contributed by atoms with Crippen molar-refractivity contribution in [2.75, 3.05) is 6.61 Å². The van der Waals surface area contributed by atoms with Crippen molar-refractivity contribution in [2.24, 2.45) is 5.92 Å². The molecule has 8 heteroatoms. The van der Waals surface area contributed by atoms with Gasteiger partial charge in [0.2, 0.25) is 0 Å². The summed E-state index contributed by atoms with van der Waals surface area (Å²) in [5.41, 5.74) is 3.53. The first-order valence-corrected chi connectivity index (χ1v) is 19.2. The maximum absolute atomic E-state index is 12.6. The van der Waals surface area contributed by atoms with E-state index in [4.69, 9.17) is 5.11 Å². The van der Waals surface area contributed by atoms with Crippen molar-refractivity contribution >= 4 is 5.97 Å². The van der Waals surface area contributed by atoms with Gasteiger partial charge in [-0.3, -0.25) is 4.79 Å². The number of carboxylic acids is 1. The van der Waals surface area contributed by atoms with Gasteiger partial charge in [0.1, 0.15) is 5.75 Å². The Kier molecular flexibility index (Phi) is 16.7. The zero-order chi connectivity index (χ0) is 37.3. The van der Waals surface area contributed by atoms with Crippen LogP contribution in [0, 0.1) is 17.8 Å². The number of aryl methyl sites for hydroxylation is 1. The van der Waals surface area contributed by atoms with Crippen LogP contribution in [0.4, 0.5) is 0 Å². The number of aromatic hydroxyl groups is 1. The maximum Gasteiger partial charge on any atom is 0.303 e. The van der Waals surface area contributed by atoms with Gasteiger partial charge in [0.05, 0.1) is 36.4 Å². The maximum atomic E-state index is 12.6. The van der Waals surface area contributed by atoms with Gasteiger partial charge in [0.25, 0.3) is 0 Å². The highest BCUT2D eigenvalue weighted by Crippen LogP contribution is 2.35. The average molecular weight is 714 g/mol.